The smallest absolute Gasteiger partial charge is 0.254 e. The Kier molecular flexibility index (Phi) is 7.01. The summed E-state index contributed by atoms with van der Waals surface area (Å²) in [7, 11) is 1.66. The molecule has 1 aliphatic heterocycles. The molecule has 1 amide bonds. The van der Waals surface area contributed by atoms with E-state index in [0.29, 0.717) is 43.7 Å². The van der Waals surface area contributed by atoms with Crippen LogP contribution in [0.3, 0.4) is 0 Å². The molecule has 5 rings (SSSR count). The first-order valence-corrected chi connectivity index (χ1v) is 11.2. The van der Waals surface area contributed by atoms with E-state index < -0.39 is 0 Å². The Labute approximate surface area is 195 Å². The number of halogens is 1. The van der Waals surface area contributed by atoms with Crippen molar-refractivity contribution in [3.63, 3.8) is 0 Å². The molecule has 1 saturated carbocycles. The van der Waals surface area contributed by atoms with Gasteiger partial charge in [0.1, 0.15) is 5.75 Å². The van der Waals surface area contributed by atoms with Crippen LogP contribution < -0.4 is 10.1 Å². The molecule has 2 heterocycles. The van der Waals surface area contributed by atoms with E-state index in [-0.39, 0.29) is 18.3 Å². The third-order valence-corrected chi connectivity index (χ3v) is 6.54. The minimum absolute atomic E-state index is 0. The van der Waals surface area contributed by atoms with E-state index in [2.05, 4.69) is 17.5 Å². The normalized spacial score (nSPS) is 17.7. The number of fused-ring (bicyclic) bond motifs is 1. The number of morpholine rings is 1. The molecule has 1 aromatic carbocycles. The Hall–Kier alpha value is -2.57. The van der Waals surface area contributed by atoms with Crippen molar-refractivity contribution in [2.45, 2.75) is 38.1 Å². The number of nitrogens with zero attached hydrogens (tertiary/aromatic N) is 2. The van der Waals surface area contributed by atoms with E-state index in [1.807, 2.05) is 29.3 Å². The molecule has 1 aromatic heterocycles. The number of nitrogens with one attached hydrogen (secondary N) is 1. The number of benzene rings is 1. The molecule has 170 valence electrons. The summed E-state index contributed by atoms with van der Waals surface area (Å²) in [4.78, 5) is 19.5. The number of aromatic nitrogens is 1. The van der Waals surface area contributed by atoms with Gasteiger partial charge >= 0.3 is 0 Å². The lowest BCUT2D eigenvalue weighted by Gasteiger charge is -2.27. The second-order valence-electron chi connectivity index (χ2n) is 8.46. The number of pyridine rings is 1. The van der Waals surface area contributed by atoms with E-state index in [0.717, 1.165) is 28.9 Å². The molecule has 0 atom stereocenters. The van der Waals surface area contributed by atoms with Crippen LogP contribution >= 0.6 is 12.4 Å². The lowest BCUT2D eigenvalue weighted by atomic mass is 9.98. The van der Waals surface area contributed by atoms with Crippen molar-refractivity contribution in [1.29, 1.82) is 0 Å². The number of anilines is 1. The first-order chi connectivity index (χ1) is 15.2. The lowest BCUT2D eigenvalue weighted by Crippen LogP contribution is -2.40. The quantitative estimate of drug-likeness (QED) is 0.715. The Balaban J connectivity index is 0.00000245. The van der Waals surface area contributed by atoms with Crippen molar-refractivity contribution >= 4 is 30.1 Å². The van der Waals surface area contributed by atoms with Crippen molar-refractivity contribution in [2.24, 2.45) is 0 Å². The van der Waals surface area contributed by atoms with Crippen LogP contribution in [0.15, 0.2) is 30.5 Å². The highest BCUT2D eigenvalue weighted by Gasteiger charge is 2.24. The Bertz CT molecular complexity index is 1010. The number of hydrogen-bond donors (Lipinski definition) is 1. The second-order valence-corrected chi connectivity index (χ2v) is 8.46. The molecule has 7 heteroatoms. The molecule has 0 unspecified atom stereocenters. The fraction of sp³-hybridized carbons (Fsp3) is 0.440. The zero-order valence-electron chi connectivity index (χ0n) is 18.4. The second kappa shape index (κ2) is 9.92. The van der Waals surface area contributed by atoms with Crippen LogP contribution in [0.5, 0.6) is 5.75 Å². The monoisotopic (exact) mass is 455 g/mol. The van der Waals surface area contributed by atoms with Gasteiger partial charge in [-0.25, -0.2) is 0 Å². The standard InChI is InChI=1S/C25H29N3O3.ClH/c1-30-23-15-17(25(29)28-11-13-31-14-12-28)9-10-19(23)21-16-26-22-8-4-7-20(22)24(21)27-18-5-2-3-6-18;/h4,7,9-10,15-16,18H,2-3,5-6,8,11-14H2,1H3,(H,26,27);1H. The van der Waals surface area contributed by atoms with Crippen LogP contribution in [0, 0.1) is 0 Å². The third kappa shape index (κ3) is 4.34. The number of rotatable bonds is 5. The Morgan fingerprint density at radius 2 is 1.97 bits per heavy atom. The zero-order chi connectivity index (χ0) is 21.2. The highest BCUT2D eigenvalue weighted by Crippen LogP contribution is 2.41. The number of hydrogen-bond acceptors (Lipinski definition) is 5. The maximum atomic E-state index is 12.9. The molecule has 1 saturated heterocycles. The maximum absolute atomic E-state index is 12.9. The molecule has 32 heavy (non-hydrogen) atoms. The van der Waals surface area contributed by atoms with E-state index in [1.165, 1.54) is 31.2 Å². The maximum Gasteiger partial charge on any atom is 0.254 e. The average molecular weight is 456 g/mol. The average Bonchev–Trinajstić information content (AvgIpc) is 3.51. The van der Waals surface area contributed by atoms with Gasteiger partial charge in [0, 0.05) is 54.0 Å². The Morgan fingerprint density at radius 3 is 2.72 bits per heavy atom. The molecule has 2 aliphatic carbocycles. The number of ether oxygens (including phenoxy) is 2. The number of methoxy groups -OCH3 is 1. The molecule has 3 aliphatic rings. The molecular weight excluding hydrogens is 426 g/mol. The summed E-state index contributed by atoms with van der Waals surface area (Å²) >= 11 is 0. The van der Waals surface area contributed by atoms with Gasteiger partial charge in [-0.2, -0.15) is 0 Å². The van der Waals surface area contributed by atoms with Crippen LogP contribution in [-0.2, 0) is 11.2 Å². The highest BCUT2D eigenvalue weighted by molar-refractivity contribution is 5.97. The van der Waals surface area contributed by atoms with E-state index in [9.17, 15) is 4.79 Å². The first-order valence-electron chi connectivity index (χ1n) is 11.2. The molecule has 1 N–H and O–H groups in total. The van der Waals surface area contributed by atoms with Gasteiger partial charge in [-0.1, -0.05) is 25.0 Å². The number of allylic oxidation sites excluding steroid dienone is 1. The molecule has 2 fully saturated rings. The van der Waals surface area contributed by atoms with Gasteiger partial charge in [-0.05, 0) is 31.0 Å². The van der Waals surface area contributed by atoms with Crippen molar-refractivity contribution in [3.8, 4) is 16.9 Å². The molecule has 0 bridgehead atoms. The summed E-state index contributed by atoms with van der Waals surface area (Å²) in [5.41, 5.74) is 6.05. The van der Waals surface area contributed by atoms with E-state index >= 15 is 0 Å². The number of amides is 1. The van der Waals surface area contributed by atoms with Gasteiger partial charge in [0.05, 0.1) is 31.7 Å². The summed E-state index contributed by atoms with van der Waals surface area (Å²) in [6.45, 7) is 2.43. The summed E-state index contributed by atoms with van der Waals surface area (Å²) in [5, 5.41) is 3.81. The largest absolute Gasteiger partial charge is 0.496 e. The van der Waals surface area contributed by atoms with E-state index in [4.69, 9.17) is 14.5 Å². The fourth-order valence-electron chi connectivity index (χ4n) is 4.83. The predicted molar refractivity (Wildman–Crippen MR) is 129 cm³/mol. The van der Waals surface area contributed by atoms with Crippen LogP contribution in [-0.4, -0.2) is 55.2 Å². The van der Waals surface area contributed by atoms with Crippen molar-refractivity contribution in [3.05, 3.63) is 47.3 Å². The summed E-state index contributed by atoms with van der Waals surface area (Å²) in [6, 6.07) is 6.24. The van der Waals surface area contributed by atoms with Gasteiger partial charge in [-0.15, -0.1) is 12.4 Å². The van der Waals surface area contributed by atoms with Crippen molar-refractivity contribution in [1.82, 2.24) is 9.88 Å². The molecule has 2 aromatic rings. The minimum Gasteiger partial charge on any atom is -0.496 e. The van der Waals surface area contributed by atoms with Gasteiger partial charge in [-0.3, -0.25) is 9.78 Å². The highest BCUT2D eigenvalue weighted by atomic mass is 35.5. The fourth-order valence-corrected chi connectivity index (χ4v) is 4.83. The van der Waals surface area contributed by atoms with Crippen LogP contribution in [0.1, 0.15) is 47.3 Å². The van der Waals surface area contributed by atoms with Crippen molar-refractivity contribution < 1.29 is 14.3 Å². The molecule has 0 radical (unpaired) electrons. The van der Waals surface area contributed by atoms with Gasteiger partial charge < -0.3 is 19.7 Å². The van der Waals surface area contributed by atoms with Gasteiger partial charge in [0.2, 0.25) is 0 Å². The predicted octanol–water partition coefficient (Wildman–Crippen LogP) is 4.58. The summed E-state index contributed by atoms with van der Waals surface area (Å²) in [5.74, 6) is 0.713. The summed E-state index contributed by atoms with van der Waals surface area (Å²) < 4.78 is 11.1. The van der Waals surface area contributed by atoms with Crippen molar-refractivity contribution in [2.75, 3.05) is 38.7 Å². The van der Waals surface area contributed by atoms with Crippen LogP contribution in [0.25, 0.3) is 17.2 Å². The van der Waals surface area contributed by atoms with Crippen LogP contribution in [0.4, 0.5) is 5.69 Å². The Morgan fingerprint density at radius 1 is 1.19 bits per heavy atom. The topological polar surface area (TPSA) is 63.7 Å². The van der Waals surface area contributed by atoms with Gasteiger partial charge in [0.25, 0.3) is 5.91 Å². The third-order valence-electron chi connectivity index (χ3n) is 6.54. The van der Waals surface area contributed by atoms with Crippen LogP contribution in [0.2, 0.25) is 0 Å². The minimum atomic E-state index is 0. The lowest BCUT2D eigenvalue weighted by molar-refractivity contribution is 0.0302. The van der Waals surface area contributed by atoms with E-state index in [1.54, 1.807) is 7.11 Å². The summed E-state index contributed by atoms with van der Waals surface area (Å²) in [6.07, 6.45) is 12.1. The molecule has 0 spiro atoms. The molecule has 6 nitrogen and oxygen atoms in total. The SMILES string of the molecule is COc1cc(C(=O)N2CCOCC2)ccc1-c1cnc2c(c1NC1CCCC1)C=CC2.Cl. The number of carbonyl (C=O) groups is 1. The zero-order valence-corrected chi connectivity index (χ0v) is 19.2. The van der Waals surface area contributed by atoms with Gasteiger partial charge in [0.15, 0.2) is 0 Å². The number of carbonyl (C=O) groups excluding carboxylic acids is 1. The first kappa shape index (κ1) is 22.6. The molecular formula is C25H30ClN3O3.